The van der Waals surface area contributed by atoms with Crippen molar-refractivity contribution in [2.24, 2.45) is 0 Å². The summed E-state index contributed by atoms with van der Waals surface area (Å²) in [4.78, 5) is 26.2. The lowest BCUT2D eigenvalue weighted by Gasteiger charge is -2.17. The highest BCUT2D eigenvalue weighted by atomic mass is 32.2. The number of nitrogens with one attached hydrogen (secondary N) is 3. The number of nitrogens with zero attached hydrogens (tertiary/aromatic N) is 15. The predicted octanol–water partition coefficient (Wildman–Crippen LogP) is 6.55. The lowest BCUT2D eigenvalue weighted by molar-refractivity contribution is -0.0629. The average Bonchev–Trinajstić information content (AvgIpc) is 1.47. The predicted molar refractivity (Wildman–Crippen MR) is 398 cm³/mol. The second-order valence-electron chi connectivity index (χ2n) is 25.4. The van der Waals surface area contributed by atoms with Gasteiger partial charge in [0.05, 0.1) is 97.9 Å². The van der Waals surface area contributed by atoms with Crippen LogP contribution in [0.25, 0.3) is 33.5 Å². The SMILES string of the molecule is [2H]c1c([2H])c([C@@H]2C[C@@]2([2H])Nc2nc(SC([2H])([2H])CC)nc3c2nnn3[C@@H]2C[C@H](OCC([2H])([2H])O)[C@@H](O)[C@H]2O)c([2H])c(F)c1C.[2H]c1c([2H])c([C@@H]2C[C@@]2([2H])Nc2nc(SC([2H])([2H])CC)nc3c2nnn3[C@@H]2C[C@H](OCCO)[C@@H](O)[C@H]2O)c([2H])c(F)c1C.[2H]c1c([2H])c([C@]2([2H])C([2H])([2H])[C@@]2([2H])Nc2nc(SC([2H])([2H])CC)nc3c2nnn3[C@@H]2C[C@H](OC([2H])([2H])CO)[C@@H](O)[C@H]2O)c([2H])c(F)c1C. The molecule has 3 aromatic carbocycles. The Labute approximate surface area is 668 Å². The molecule has 6 fully saturated rings. The van der Waals surface area contributed by atoms with Crippen molar-refractivity contribution in [2.75, 3.05) is 72.6 Å². The zero-order valence-electron chi connectivity index (χ0n) is 83.4. The summed E-state index contributed by atoms with van der Waals surface area (Å²) in [5.41, 5.74) is -7.28. The highest BCUT2D eigenvalue weighted by Gasteiger charge is 2.49. The molecule has 0 saturated heterocycles. The molecule has 15 rings (SSSR count). The van der Waals surface area contributed by atoms with Crippen LogP contribution in [0.15, 0.2) is 69.9 Å². The zero-order chi connectivity index (χ0) is 98.5. The summed E-state index contributed by atoms with van der Waals surface area (Å²) in [5.74, 6) is -8.03. The van der Waals surface area contributed by atoms with E-state index in [1.807, 2.05) is 0 Å². The molecule has 0 bridgehead atoms. The number of ether oxygens (including phenoxy) is 3. The molecule has 6 aliphatic rings. The fourth-order valence-corrected chi connectivity index (χ4v) is 13.9. The molecule has 6 saturated carbocycles. The molecule has 0 unspecified atom stereocenters. The van der Waals surface area contributed by atoms with Crippen molar-refractivity contribution in [3.63, 3.8) is 0 Å². The van der Waals surface area contributed by atoms with E-state index >= 15 is 0 Å². The minimum Gasteiger partial charge on any atom is -0.394 e. The number of hydrogen-bond acceptors (Lipinski definition) is 30. The minimum atomic E-state index is -2.92. The number of aliphatic hydroxyl groups is 9. The molecule has 36 heteroatoms. The van der Waals surface area contributed by atoms with Crippen LogP contribution < -0.4 is 16.0 Å². The number of aliphatic hydroxyl groups excluding tert-OH is 8. The maximum atomic E-state index is 14.9. The first-order chi connectivity index (χ1) is 61.7. The number of fused-ring (bicyclic) bond motifs is 3. The van der Waals surface area contributed by atoms with Crippen LogP contribution in [0.5, 0.6) is 0 Å². The maximum Gasteiger partial charge on any atom is 0.191 e. The number of aromatic nitrogens is 15. The Morgan fingerprint density at radius 3 is 1.22 bits per heavy atom. The maximum absolute atomic E-state index is 14.9. The van der Waals surface area contributed by atoms with E-state index in [0.29, 0.717) is 23.5 Å². The van der Waals surface area contributed by atoms with Gasteiger partial charge < -0.3 is 76.1 Å². The van der Waals surface area contributed by atoms with Gasteiger partial charge in [-0.3, -0.25) is 0 Å². The van der Waals surface area contributed by atoms with E-state index in [1.165, 1.54) is 23.2 Å². The molecule has 6 aliphatic carbocycles. The summed E-state index contributed by atoms with van der Waals surface area (Å²) in [5, 5.41) is 124. The number of halogens is 3. The first-order valence-corrected chi connectivity index (χ1v) is 36.7. The Morgan fingerprint density at radius 1 is 0.491 bits per heavy atom. The van der Waals surface area contributed by atoms with Crippen LogP contribution >= 0.6 is 35.3 Å². The van der Waals surface area contributed by atoms with E-state index in [4.69, 9.17) is 53.6 Å². The molecule has 30 nitrogen and oxygen atoms in total. The Bertz CT molecular complexity index is 5880. The highest BCUT2D eigenvalue weighted by molar-refractivity contribution is 7.99. The molecule has 582 valence electrons. The fourth-order valence-electron chi connectivity index (χ4n) is 12.3. The van der Waals surface area contributed by atoms with Crippen molar-refractivity contribution in [1.29, 1.82) is 0 Å². The average molecular weight is 1580 g/mol. The molecule has 12 N–H and O–H groups in total. The summed E-state index contributed by atoms with van der Waals surface area (Å²) in [6.07, 6.45) is -14.8. The second kappa shape index (κ2) is 35.1. The molecule has 0 spiro atoms. The highest BCUT2D eigenvalue weighted by Crippen LogP contribution is 2.48. The normalized spacial score (nSPS) is 34.8. The van der Waals surface area contributed by atoms with Crippen LogP contribution in [0.3, 0.4) is 0 Å². The van der Waals surface area contributed by atoms with Crippen molar-refractivity contribution < 1.29 is 108 Å². The third-order valence-electron chi connectivity index (χ3n) is 18.1. The molecule has 6 aromatic heterocycles. The van der Waals surface area contributed by atoms with Gasteiger partial charge in [-0.1, -0.05) is 108 Å². The van der Waals surface area contributed by atoms with Crippen LogP contribution in [0.1, 0.15) is 182 Å². The van der Waals surface area contributed by atoms with Gasteiger partial charge in [-0.25, -0.2) is 57.1 Å². The number of rotatable bonds is 30. The van der Waals surface area contributed by atoms with Crippen LogP contribution in [-0.2, 0) is 14.2 Å². The fraction of sp³-hybridized carbons (Fsp3) is 0.583. The number of hydrogen-bond donors (Lipinski definition) is 12. The third kappa shape index (κ3) is 17.5. The van der Waals surface area contributed by atoms with E-state index in [2.05, 4.69) is 76.8 Å². The lowest BCUT2D eigenvalue weighted by Crippen LogP contribution is -2.33. The van der Waals surface area contributed by atoms with Gasteiger partial charge in [-0.15, -0.1) is 15.3 Å². The Kier molecular flexibility index (Phi) is 17.2. The van der Waals surface area contributed by atoms with Crippen molar-refractivity contribution in [2.45, 2.75) is 224 Å². The van der Waals surface area contributed by atoms with Crippen LogP contribution in [0.2, 0.25) is 0 Å². The van der Waals surface area contributed by atoms with Crippen molar-refractivity contribution >= 4 is 86.2 Å². The second-order valence-corrected chi connectivity index (χ2v) is 28.0. The monoisotopic (exact) mass is 1580 g/mol. The number of benzene rings is 3. The summed E-state index contributed by atoms with van der Waals surface area (Å²) in [6, 6.07) is -13.9. The van der Waals surface area contributed by atoms with Crippen molar-refractivity contribution in [1.82, 2.24) is 74.9 Å². The molecule has 108 heavy (non-hydrogen) atoms. The largest absolute Gasteiger partial charge is 0.394 e. The molecule has 6 heterocycles. The van der Waals surface area contributed by atoms with Crippen LogP contribution in [-0.4, -0.2) is 250 Å². The number of thioether (sulfide) groups is 3. The first kappa shape index (κ1) is 52.9. The molecule has 0 aliphatic heterocycles. The topological polar surface area (TPSA) is 415 Å². The molecule has 9 aromatic rings. The standard InChI is InChI=1S/3C24H31FN6O4S/c3*1-3-8-36-24-27-22(26-16-10-14(16)13-5-4-12(2)15(25)9-13)19-23(28-24)31(30-29-19)17-11-18(35-7-6-32)21(34)20(17)33/h3*4-5,9,14,16-18,20-21,32-34H,3,6-8,10-11H2,1-2H3,(H,26,27,28)/t3*14-,16+,17+,18-,20-,21+/m000/s1/i4D,5D,7D2,8D2,9D,10D2,14D,16D;4D,5D,6D2,8D2,9D,16D;4D,5D,8D2,9D,16D. The van der Waals surface area contributed by atoms with Gasteiger partial charge in [0.25, 0.3) is 0 Å². The van der Waals surface area contributed by atoms with Crippen LogP contribution in [0, 0.1) is 38.2 Å². The third-order valence-corrected chi connectivity index (χ3v) is 20.5. The summed E-state index contributed by atoms with van der Waals surface area (Å²) in [7, 11) is 0. The van der Waals surface area contributed by atoms with Gasteiger partial charge in [0.2, 0.25) is 0 Å². The molecule has 18 atom stereocenters. The van der Waals surface area contributed by atoms with E-state index in [1.54, 1.807) is 20.8 Å². The Morgan fingerprint density at radius 2 is 0.852 bits per heavy atom. The quantitative estimate of drug-likeness (QED) is 0.0168. The van der Waals surface area contributed by atoms with Crippen LogP contribution in [0.4, 0.5) is 30.6 Å². The zero-order valence-corrected chi connectivity index (χ0v) is 60.8. The first-order valence-electron chi connectivity index (χ1n) is 46.7. The van der Waals surface area contributed by atoms with Gasteiger partial charge in [0, 0.05) is 84.5 Å². The van der Waals surface area contributed by atoms with Crippen molar-refractivity contribution in [3.05, 3.63) is 105 Å². The van der Waals surface area contributed by atoms with E-state index in [0.717, 1.165) is 23.4 Å². The van der Waals surface area contributed by atoms with Gasteiger partial charge in [0.1, 0.15) is 54.1 Å². The molecular formula is C72H93F3N18O12S3. The van der Waals surface area contributed by atoms with E-state index in [9.17, 15) is 54.0 Å². The number of anilines is 3. The van der Waals surface area contributed by atoms with Gasteiger partial charge in [0.15, 0.2) is 66.4 Å². The van der Waals surface area contributed by atoms with Gasteiger partial charge in [-0.05, 0) is 111 Å². The summed E-state index contributed by atoms with van der Waals surface area (Å²) < 4.78 is 270. The van der Waals surface area contributed by atoms with Gasteiger partial charge >= 0.3 is 0 Å². The van der Waals surface area contributed by atoms with E-state index in [-0.39, 0.29) is 177 Å². The molecule has 0 amide bonds. The smallest absolute Gasteiger partial charge is 0.191 e. The minimum absolute atomic E-state index is 0.00743. The molecular weight excluding hydrogens is 1460 g/mol. The Hall–Kier alpha value is -7.14. The van der Waals surface area contributed by atoms with Crippen molar-refractivity contribution in [3.8, 4) is 0 Å². The Balaban J connectivity index is 0.000000170. The summed E-state index contributed by atoms with van der Waals surface area (Å²) >= 11 is 1.98. The molecule has 0 radical (unpaired) electrons. The lowest BCUT2D eigenvalue weighted by atomic mass is 10.1. The summed E-state index contributed by atoms with van der Waals surface area (Å²) in [6.45, 7) is 1.33. The van der Waals surface area contributed by atoms with E-state index < -0.39 is 218 Å². The van der Waals surface area contributed by atoms with Gasteiger partial charge in [-0.2, -0.15) is 0 Å².